The molecule has 2 aromatic heterocycles. The van der Waals surface area contributed by atoms with E-state index in [0.717, 1.165) is 48.3 Å². The fraction of sp³-hybridized carbons (Fsp3) is 0.520. The van der Waals surface area contributed by atoms with Gasteiger partial charge in [-0.1, -0.05) is 6.07 Å². The van der Waals surface area contributed by atoms with Crippen molar-refractivity contribution in [3.05, 3.63) is 35.8 Å². The molecular weight excluding hydrogens is 505 g/mol. The number of aliphatic carboxylic acids is 1. The van der Waals surface area contributed by atoms with Crippen molar-refractivity contribution in [2.75, 3.05) is 26.8 Å². The monoisotopic (exact) mass is 536 g/mol. The molecule has 0 bridgehead atoms. The average Bonchev–Trinajstić information content (AvgIpc) is 3.45. The van der Waals surface area contributed by atoms with Gasteiger partial charge in [0.1, 0.15) is 30.5 Å². The maximum atomic E-state index is 10.6. The van der Waals surface area contributed by atoms with Gasteiger partial charge in [-0.15, -0.1) is 0 Å². The van der Waals surface area contributed by atoms with Gasteiger partial charge in [-0.2, -0.15) is 18.3 Å². The second kappa shape index (κ2) is 11.5. The predicted octanol–water partition coefficient (Wildman–Crippen LogP) is 4.03. The smallest absolute Gasteiger partial charge is 0.490 e. The molecule has 0 saturated carbocycles. The van der Waals surface area contributed by atoms with E-state index in [1.807, 2.05) is 4.68 Å². The molecule has 0 amide bonds. The Kier molecular flexibility index (Phi) is 8.36. The van der Waals surface area contributed by atoms with E-state index in [2.05, 4.69) is 53.2 Å². The van der Waals surface area contributed by atoms with Crippen LogP contribution in [-0.2, 0) is 22.7 Å². The van der Waals surface area contributed by atoms with Crippen molar-refractivity contribution in [1.29, 1.82) is 0 Å². The second-order valence-corrected chi connectivity index (χ2v) is 9.40. The Morgan fingerprint density at radius 1 is 1.24 bits per heavy atom. The number of alkyl halides is 3. The van der Waals surface area contributed by atoms with Gasteiger partial charge in [0, 0.05) is 19.3 Å². The van der Waals surface area contributed by atoms with Gasteiger partial charge in [-0.3, -0.25) is 0 Å². The molecule has 5 rings (SSSR count). The van der Waals surface area contributed by atoms with Crippen molar-refractivity contribution >= 4 is 5.97 Å². The maximum Gasteiger partial charge on any atom is 0.490 e. The molecule has 13 heteroatoms. The molecule has 2 aliphatic rings. The molecule has 2 N–H and O–H groups in total. The number of carboxylic acids is 1. The fourth-order valence-electron chi connectivity index (χ4n) is 4.51. The zero-order valence-electron chi connectivity index (χ0n) is 21.5. The number of imidazole rings is 1. The lowest BCUT2D eigenvalue weighted by Crippen LogP contribution is -2.26. The molecular formula is C25H31F3N6O4. The number of piperidine rings is 1. The number of benzene rings is 1. The Morgan fingerprint density at radius 3 is 2.58 bits per heavy atom. The SMILES string of the molecule is COCc1nc(-c2cn3c(n2)-c2ccc(C4CCNCC4)cc2OCC3)n(C(C)C)n1.O=C(O)C(F)(F)F. The topological polar surface area (TPSA) is 116 Å². The number of hydrogen-bond acceptors (Lipinski definition) is 7. The van der Waals surface area contributed by atoms with Gasteiger partial charge < -0.3 is 24.5 Å². The average molecular weight is 537 g/mol. The van der Waals surface area contributed by atoms with Crippen LogP contribution in [0.25, 0.3) is 22.9 Å². The third-order valence-electron chi connectivity index (χ3n) is 6.33. The van der Waals surface area contributed by atoms with Crippen LogP contribution in [0.4, 0.5) is 13.2 Å². The minimum absolute atomic E-state index is 0.178. The van der Waals surface area contributed by atoms with Gasteiger partial charge in [-0.25, -0.2) is 19.4 Å². The normalized spacial score (nSPS) is 15.7. The molecule has 1 fully saturated rings. The molecule has 2 aliphatic heterocycles. The standard InChI is InChI=1S/C23H30N6O2.C2HF3O2/c1-15(2)29-23(26-21(27-29)14-30-3)19-13-28-10-11-31-20-12-17(16-6-8-24-9-7-16)4-5-18(20)22(28)25-19;3-2(4,5)1(6)7/h4-5,12-13,15-16,24H,6-11,14H2,1-3H3;(H,6,7). The fourth-order valence-corrected chi connectivity index (χ4v) is 4.51. The van der Waals surface area contributed by atoms with E-state index in [9.17, 15) is 13.2 Å². The molecule has 38 heavy (non-hydrogen) atoms. The molecule has 1 aromatic carbocycles. The zero-order valence-corrected chi connectivity index (χ0v) is 21.5. The summed E-state index contributed by atoms with van der Waals surface area (Å²) in [5.74, 6) is 1.13. The lowest BCUT2D eigenvalue weighted by Gasteiger charge is -2.23. The van der Waals surface area contributed by atoms with Crippen LogP contribution in [0.15, 0.2) is 24.4 Å². The molecule has 0 atom stereocenters. The molecule has 1 saturated heterocycles. The van der Waals surface area contributed by atoms with Gasteiger partial charge in [0.15, 0.2) is 11.6 Å². The number of fused-ring (bicyclic) bond motifs is 3. The number of hydrogen-bond donors (Lipinski definition) is 2. The van der Waals surface area contributed by atoms with Crippen molar-refractivity contribution in [2.24, 2.45) is 0 Å². The Hall–Kier alpha value is -3.45. The molecule has 0 aliphatic carbocycles. The molecule has 0 radical (unpaired) electrons. The summed E-state index contributed by atoms with van der Waals surface area (Å²) < 4.78 is 47.2. The first-order valence-electron chi connectivity index (χ1n) is 12.4. The number of nitrogens with zero attached hydrogens (tertiary/aromatic N) is 5. The van der Waals surface area contributed by atoms with Crippen LogP contribution in [0.5, 0.6) is 5.75 Å². The van der Waals surface area contributed by atoms with Crippen LogP contribution in [0.2, 0.25) is 0 Å². The summed E-state index contributed by atoms with van der Waals surface area (Å²) in [6, 6.07) is 6.82. The van der Waals surface area contributed by atoms with Gasteiger partial charge in [-0.05, 0) is 63.4 Å². The number of aromatic nitrogens is 5. The van der Waals surface area contributed by atoms with E-state index in [1.54, 1.807) is 7.11 Å². The lowest BCUT2D eigenvalue weighted by molar-refractivity contribution is -0.192. The van der Waals surface area contributed by atoms with Crippen LogP contribution in [0.1, 0.15) is 50.0 Å². The van der Waals surface area contributed by atoms with Gasteiger partial charge >= 0.3 is 12.1 Å². The number of methoxy groups -OCH3 is 1. The first-order valence-corrected chi connectivity index (χ1v) is 12.4. The van der Waals surface area contributed by atoms with Crippen molar-refractivity contribution in [2.45, 2.75) is 58.0 Å². The number of rotatable bonds is 5. The quantitative estimate of drug-likeness (QED) is 0.502. The number of carboxylic acid groups (broad SMARTS) is 1. The van der Waals surface area contributed by atoms with Crippen molar-refractivity contribution < 1.29 is 32.5 Å². The third-order valence-corrected chi connectivity index (χ3v) is 6.33. The Bertz CT molecular complexity index is 1260. The van der Waals surface area contributed by atoms with Crippen LogP contribution in [0, 0.1) is 0 Å². The molecule has 0 unspecified atom stereocenters. The summed E-state index contributed by atoms with van der Waals surface area (Å²) in [6.45, 7) is 8.12. The minimum Gasteiger partial charge on any atom is -0.491 e. The van der Waals surface area contributed by atoms with E-state index >= 15 is 0 Å². The predicted molar refractivity (Wildman–Crippen MR) is 132 cm³/mol. The van der Waals surface area contributed by atoms with E-state index < -0.39 is 12.1 Å². The number of nitrogens with one attached hydrogen (secondary N) is 1. The largest absolute Gasteiger partial charge is 0.491 e. The summed E-state index contributed by atoms with van der Waals surface area (Å²) in [5.41, 5.74) is 3.23. The van der Waals surface area contributed by atoms with Crippen molar-refractivity contribution in [1.82, 2.24) is 29.6 Å². The second-order valence-electron chi connectivity index (χ2n) is 9.40. The first kappa shape index (κ1) is 27.6. The van der Waals surface area contributed by atoms with Crippen LogP contribution >= 0.6 is 0 Å². The molecule has 0 spiro atoms. The zero-order chi connectivity index (χ0) is 27.4. The van der Waals surface area contributed by atoms with Crippen LogP contribution in [0.3, 0.4) is 0 Å². The summed E-state index contributed by atoms with van der Waals surface area (Å²) in [6.07, 6.45) is -0.674. The van der Waals surface area contributed by atoms with Crippen LogP contribution in [-0.4, -0.2) is 68.4 Å². The number of carbonyl (C=O) groups is 1. The third kappa shape index (κ3) is 6.16. The number of ether oxygens (including phenoxy) is 2. The van der Waals surface area contributed by atoms with Crippen molar-refractivity contribution in [3.8, 4) is 28.7 Å². The van der Waals surface area contributed by atoms with Crippen molar-refractivity contribution in [3.63, 3.8) is 0 Å². The van der Waals surface area contributed by atoms with E-state index in [1.165, 1.54) is 18.4 Å². The highest BCUT2D eigenvalue weighted by Crippen LogP contribution is 2.37. The highest BCUT2D eigenvalue weighted by Gasteiger charge is 2.38. The summed E-state index contributed by atoms with van der Waals surface area (Å²) in [7, 11) is 1.66. The van der Waals surface area contributed by atoms with Gasteiger partial charge in [0.2, 0.25) is 0 Å². The highest BCUT2D eigenvalue weighted by atomic mass is 19.4. The summed E-state index contributed by atoms with van der Waals surface area (Å²) in [5, 5.41) is 15.2. The molecule has 10 nitrogen and oxygen atoms in total. The molecule has 4 heterocycles. The van der Waals surface area contributed by atoms with Crippen LogP contribution < -0.4 is 10.1 Å². The van der Waals surface area contributed by atoms with Gasteiger partial charge in [0.05, 0.1) is 12.1 Å². The van der Waals surface area contributed by atoms with E-state index in [4.69, 9.17) is 29.3 Å². The lowest BCUT2D eigenvalue weighted by atomic mass is 9.89. The Morgan fingerprint density at radius 2 is 1.95 bits per heavy atom. The minimum atomic E-state index is -5.08. The highest BCUT2D eigenvalue weighted by molar-refractivity contribution is 5.73. The van der Waals surface area contributed by atoms with E-state index in [0.29, 0.717) is 25.0 Å². The van der Waals surface area contributed by atoms with Gasteiger partial charge in [0.25, 0.3) is 0 Å². The Labute approximate surface area is 217 Å². The summed E-state index contributed by atoms with van der Waals surface area (Å²) in [4.78, 5) is 18.6. The summed E-state index contributed by atoms with van der Waals surface area (Å²) >= 11 is 0. The molecule has 3 aromatic rings. The Balaban J connectivity index is 0.000000426. The first-order chi connectivity index (χ1) is 18.1. The molecule has 206 valence electrons. The van der Waals surface area contributed by atoms with E-state index in [-0.39, 0.29) is 6.04 Å². The maximum absolute atomic E-state index is 10.6. The number of halogens is 3.